The molecule has 0 N–H and O–H groups in total. The summed E-state index contributed by atoms with van der Waals surface area (Å²) in [6, 6.07) is 81.6. The molecule has 0 saturated carbocycles. The monoisotopic (exact) mass is 751 g/mol. The molecule has 59 heavy (non-hydrogen) atoms. The third-order valence-electron chi connectivity index (χ3n) is 12.4. The van der Waals surface area contributed by atoms with E-state index in [9.17, 15) is 0 Å². The third-order valence-corrected chi connectivity index (χ3v) is 12.4. The Bertz CT molecular complexity index is 3300. The second-order valence-corrected chi connectivity index (χ2v) is 15.5. The van der Waals surface area contributed by atoms with Crippen LogP contribution >= 0.6 is 0 Å². The van der Waals surface area contributed by atoms with Gasteiger partial charge in [-0.05, 0) is 99.1 Å². The summed E-state index contributed by atoms with van der Waals surface area (Å²) in [6.07, 6.45) is 0. The Kier molecular flexibility index (Phi) is 7.45. The Morgan fingerprint density at radius 2 is 0.881 bits per heavy atom. The van der Waals surface area contributed by atoms with E-state index in [0.29, 0.717) is 0 Å². The SMILES string of the molecule is c1ccc(-c2nc3ccccc3n2-c2ccc(-c3ccc(-n4c5ccccc5c5cc6c(cc54)C(c4ccccc4)(c4ccccc4)c4ccccc4-6)cc3)cc2)cc1. The lowest BCUT2D eigenvalue weighted by atomic mass is 9.67. The van der Waals surface area contributed by atoms with Gasteiger partial charge in [0.15, 0.2) is 0 Å². The number of hydrogen-bond acceptors (Lipinski definition) is 1. The molecule has 276 valence electrons. The molecule has 0 fully saturated rings. The molecule has 0 amide bonds. The van der Waals surface area contributed by atoms with E-state index in [1.807, 2.05) is 6.07 Å². The first kappa shape index (κ1) is 33.4. The van der Waals surface area contributed by atoms with Gasteiger partial charge in [0.2, 0.25) is 0 Å². The van der Waals surface area contributed by atoms with Crippen LogP contribution < -0.4 is 0 Å². The van der Waals surface area contributed by atoms with E-state index in [1.54, 1.807) is 0 Å². The number of fused-ring (bicyclic) bond motifs is 7. The van der Waals surface area contributed by atoms with Crippen LogP contribution in [-0.2, 0) is 5.41 Å². The lowest BCUT2D eigenvalue weighted by molar-refractivity contribution is 0.769. The number of rotatable bonds is 6. The van der Waals surface area contributed by atoms with Gasteiger partial charge in [-0.2, -0.15) is 0 Å². The summed E-state index contributed by atoms with van der Waals surface area (Å²) < 4.78 is 4.72. The smallest absolute Gasteiger partial charge is 0.145 e. The summed E-state index contributed by atoms with van der Waals surface area (Å²) in [4.78, 5) is 5.05. The molecule has 0 radical (unpaired) electrons. The molecule has 3 nitrogen and oxygen atoms in total. The van der Waals surface area contributed by atoms with Gasteiger partial charge in [0.05, 0.1) is 27.5 Å². The summed E-state index contributed by atoms with van der Waals surface area (Å²) in [5.74, 6) is 0.939. The van der Waals surface area contributed by atoms with Gasteiger partial charge in [0, 0.05) is 27.7 Å². The summed E-state index contributed by atoms with van der Waals surface area (Å²) in [6.45, 7) is 0. The topological polar surface area (TPSA) is 22.8 Å². The summed E-state index contributed by atoms with van der Waals surface area (Å²) in [5.41, 5.74) is 17.4. The van der Waals surface area contributed by atoms with Crippen molar-refractivity contribution < 1.29 is 0 Å². The average molecular weight is 752 g/mol. The van der Waals surface area contributed by atoms with Crippen LogP contribution in [0.2, 0.25) is 0 Å². The van der Waals surface area contributed by atoms with Crippen LogP contribution in [0.1, 0.15) is 22.3 Å². The number of benzene rings is 9. The maximum Gasteiger partial charge on any atom is 0.145 e. The zero-order valence-corrected chi connectivity index (χ0v) is 32.2. The minimum absolute atomic E-state index is 0.467. The van der Waals surface area contributed by atoms with E-state index in [0.717, 1.165) is 33.8 Å². The molecule has 2 aromatic heterocycles. The predicted molar refractivity (Wildman–Crippen MR) is 244 cm³/mol. The number of aromatic nitrogens is 3. The summed E-state index contributed by atoms with van der Waals surface area (Å²) in [7, 11) is 0. The van der Waals surface area contributed by atoms with Crippen molar-refractivity contribution in [2.24, 2.45) is 0 Å². The Hall–Kier alpha value is -7.75. The molecule has 0 bridgehead atoms. The highest BCUT2D eigenvalue weighted by Crippen LogP contribution is 2.57. The van der Waals surface area contributed by atoms with Gasteiger partial charge in [-0.25, -0.2) is 4.98 Å². The van der Waals surface area contributed by atoms with Crippen LogP contribution in [0.5, 0.6) is 0 Å². The van der Waals surface area contributed by atoms with Gasteiger partial charge in [0.1, 0.15) is 5.82 Å². The molecular formula is C56H37N3. The highest BCUT2D eigenvalue weighted by Gasteiger charge is 2.46. The maximum absolute atomic E-state index is 5.05. The first-order valence-electron chi connectivity index (χ1n) is 20.3. The van der Waals surface area contributed by atoms with Gasteiger partial charge in [0.25, 0.3) is 0 Å². The normalized spacial score (nSPS) is 12.9. The molecule has 0 aliphatic heterocycles. The molecule has 0 unspecified atom stereocenters. The fourth-order valence-electron chi connectivity index (χ4n) is 9.86. The molecule has 0 atom stereocenters. The van der Waals surface area contributed by atoms with Crippen LogP contribution in [0.25, 0.3) is 77.9 Å². The first-order chi connectivity index (χ1) is 29.3. The minimum atomic E-state index is -0.467. The largest absolute Gasteiger partial charge is 0.309 e. The van der Waals surface area contributed by atoms with Crippen LogP contribution in [0.15, 0.2) is 224 Å². The van der Waals surface area contributed by atoms with E-state index in [1.165, 1.54) is 66.3 Å². The lowest BCUT2D eigenvalue weighted by Gasteiger charge is -2.34. The molecule has 12 rings (SSSR count). The predicted octanol–water partition coefficient (Wildman–Crippen LogP) is 13.8. The standard InChI is InChI=1S/C56H37N3/c1-4-16-40(17-5-1)55-57-51-25-13-15-27-53(51)59(55)44-34-30-39(31-35-44)38-28-32-43(33-29-38)58-52-26-14-11-23-46(52)48-36-47-45-22-10-12-24-49(45)56(50(47)37-54(48)58,41-18-6-2-7-19-41)42-20-8-3-9-21-42/h1-37H. The Morgan fingerprint density at radius 1 is 0.339 bits per heavy atom. The van der Waals surface area contributed by atoms with Crippen LogP contribution in [-0.4, -0.2) is 14.1 Å². The Balaban J connectivity index is 0.996. The minimum Gasteiger partial charge on any atom is -0.309 e. The van der Waals surface area contributed by atoms with Crippen molar-refractivity contribution in [2.45, 2.75) is 5.41 Å². The molecular weight excluding hydrogens is 715 g/mol. The van der Waals surface area contributed by atoms with Crippen molar-refractivity contribution in [2.75, 3.05) is 0 Å². The highest BCUT2D eigenvalue weighted by molar-refractivity contribution is 6.12. The van der Waals surface area contributed by atoms with Gasteiger partial charge < -0.3 is 4.57 Å². The first-order valence-corrected chi connectivity index (χ1v) is 20.3. The van der Waals surface area contributed by atoms with Crippen molar-refractivity contribution in [3.05, 3.63) is 247 Å². The second-order valence-electron chi connectivity index (χ2n) is 15.5. The molecule has 9 aromatic carbocycles. The molecule has 1 aliphatic rings. The Labute approximate surface area is 342 Å². The van der Waals surface area contributed by atoms with E-state index < -0.39 is 5.41 Å². The van der Waals surface area contributed by atoms with E-state index in [2.05, 4.69) is 228 Å². The number of hydrogen-bond donors (Lipinski definition) is 0. The number of nitrogens with zero attached hydrogens (tertiary/aromatic N) is 3. The fourth-order valence-corrected chi connectivity index (χ4v) is 9.86. The summed E-state index contributed by atoms with van der Waals surface area (Å²) >= 11 is 0. The van der Waals surface area contributed by atoms with E-state index in [4.69, 9.17) is 4.98 Å². The van der Waals surface area contributed by atoms with Crippen molar-refractivity contribution in [1.82, 2.24) is 14.1 Å². The molecule has 2 heterocycles. The van der Waals surface area contributed by atoms with Crippen molar-refractivity contribution in [3.8, 4) is 45.0 Å². The molecule has 11 aromatic rings. The van der Waals surface area contributed by atoms with Crippen LogP contribution in [0.4, 0.5) is 0 Å². The van der Waals surface area contributed by atoms with E-state index in [-0.39, 0.29) is 0 Å². The fraction of sp³-hybridized carbons (Fsp3) is 0.0179. The highest BCUT2D eigenvalue weighted by atomic mass is 15.1. The molecule has 0 spiro atoms. The van der Waals surface area contributed by atoms with Gasteiger partial charge in [-0.15, -0.1) is 0 Å². The van der Waals surface area contributed by atoms with Crippen LogP contribution in [0.3, 0.4) is 0 Å². The molecule has 3 heteroatoms. The molecule has 1 aliphatic carbocycles. The molecule has 0 saturated heterocycles. The van der Waals surface area contributed by atoms with Crippen molar-refractivity contribution in [3.63, 3.8) is 0 Å². The third kappa shape index (κ3) is 4.98. The lowest BCUT2D eigenvalue weighted by Crippen LogP contribution is -2.28. The summed E-state index contributed by atoms with van der Waals surface area (Å²) in [5, 5.41) is 2.51. The van der Waals surface area contributed by atoms with Gasteiger partial charge in [-0.1, -0.05) is 170 Å². The Morgan fingerprint density at radius 3 is 1.56 bits per heavy atom. The van der Waals surface area contributed by atoms with Gasteiger partial charge in [-0.3, -0.25) is 4.57 Å². The number of imidazole rings is 1. The number of para-hydroxylation sites is 3. The zero-order valence-electron chi connectivity index (χ0n) is 32.2. The maximum atomic E-state index is 5.05. The van der Waals surface area contributed by atoms with Crippen molar-refractivity contribution in [1.29, 1.82) is 0 Å². The van der Waals surface area contributed by atoms with E-state index >= 15 is 0 Å². The second kappa shape index (κ2) is 13.2. The van der Waals surface area contributed by atoms with Crippen molar-refractivity contribution >= 4 is 32.8 Å². The quantitative estimate of drug-likeness (QED) is 0.166. The van der Waals surface area contributed by atoms with Crippen LogP contribution in [0, 0.1) is 0 Å². The average Bonchev–Trinajstić information content (AvgIpc) is 3.96. The zero-order chi connectivity index (χ0) is 38.9. The van der Waals surface area contributed by atoms with Gasteiger partial charge >= 0.3 is 0 Å².